The highest BCUT2D eigenvalue weighted by atomic mass is 16.5. The standard InChI is InChI=1S/C17H20N2O/c1-18-11-14-10-13(6-8-16(14)20-2)15-7-5-12-4-3-9-19-17(12)15/h3-4,6,8-10,15,18H,5,7,11H2,1-2H3. The van der Waals surface area contributed by atoms with Crippen molar-refractivity contribution >= 4 is 0 Å². The molecule has 1 heterocycles. The van der Waals surface area contributed by atoms with Gasteiger partial charge < -0.3 is 10.1 Å². The summed E-state index contributed by atoms with van der Waals surface area (Å²) >= 11 is 0. The van der Waals surface area contributed by atoms with Crippen LogP contribution in [0.25, 0.3) is 0 Å². The summed E-state index contributed by atoms with van der Waals surface area (Å²) in [5, 5.41) is 3.20. The fraction of sp³-hybridized carbons (Fsp3) is 0.353. The third-order valence-electron chi connectivity index (χ3n) is 4.03. The number of aryl methyl sites for hydroxylation is 1. The quantitative estimate of drug-likeness (QED) is 0.926. The summed E-state index contributed by atoms with van der Waals surface area (Å²) in [7, 11) is 3.68. The van der Waals surface area contributed by atoms with Gasteiger partial charge in [0.05, 0.1) is 12.8 Å². The van der Waals surface area contributed by atoms with Crippen LogP contribution in [0.5, 0.6) is 5.75 Å². The molecule has 1 aliphatic carbocycles. The summed E-state index contributed by atoms with van der Waals surface area (Å²) in [6, 6.07) is 10.7. The average molecular weight is 268 g/mol. The molecule has 1 aromatic heterocycles. The zero-order valence-electron chi connectivity index (χ0n) is 12.0. The van der Waals surface area contributed by atoms with Crippen molar-refractivity contribution in [3.8, 4) is 5.75 Å². The minimum Gasteiger partial charge on any atom is -0.496 e. The topological polar surface area (TPSA) is 34.2 Å². The van der Waals surface area contributed by atoms with Gasteiger partial charge in [-0.3, -0.25) is 4.98 Å². The Morgan fingerprint density at radius 3 is 3.05 bits per heavy atom. The van der Waals surface area contributed by atoms with E-state index in [-0.39, 0.29) is 0 Å². The first-order valence-electron chi connectivity index (χ1n) is 7.08. The van der Waals surface area contributed by atoms with Crippen LogP contribution in [0.1, 0.15) is 34.7 Å². The molecule has 3 heteroatoms. The number of nitrogens with one attached hydrogen (secondary N) is 1. The molecule has 0 bridgehead atoms. The summed E-state index contributed by atoms with van der Waals surface area (Å²) in [6.07, 6.45) is 4.17. The first-order valence-corrected chi connectivity index (χ1v) is 7.08. The second-order valence-electron chi connectivity index (χ2n) is 5.24. The van der Waals surface area contributed by atoms with E-state index < -0.39 is 0 Å². The van der Waals surface area contributed by atoms with E-state index in [1.54, 1.807) is 7.11 Å². The molecule has 104 valence electrons. The molecule has 0 fully saturated rings. The number of pyridine rings is 1. The van der Waals surface area contributed by atoms with E-state index in [4.69, 9.17) is 4.74 Å². The van der Waals surface area contributed by atoms with E-state index in [1.807, 2.05) is 19.3 Å². The smallest absolute Gasteiger partial charge is 0.123 e. The van der Waals surface area contributed by atoms with Crippen LogP contribution in [0.3, 0.4) is 0 Å². The molecule has 1 N–H and O–H groups in total. The second-order valence-corrected chi connectivity index (χ2v) is 5.24. The van der Waals surface area contributed by atoms with Crippen LogP contribution in [0.15, 0.2) is 36.5 Å². The Hall–Kier alpha value is -1.87. The van der Waals surface area contributed by atoms with Crippen molar-refractivity contribution in [1.82, 2.24) is 10.3 Å². The molecule has 0 amide bonds. The molecular weight excluding hydrogens is 248 g/mol. The Bertz CT molecular complexity index is 610. The lowest BCUT2D eigenvalue weighted by Crippen LogP contribution is -2.08. The van der Waals surface area contributed by atoms with Crippen LogP contribution >= 0.6 is 0 Å². The van der Waals surface area contributed by atoms with Gasteiger partial charge in [-0.1, -0.05) is 18.2 Å². The van der Waals surface area contributed by atoms with Crippen molar-refractivity contribution in [3.63, 3.8) is 0 Å². The maximum Gasteiger partial charge on any atom is 0.123 e. The van der Waals surface area contributed by atoms with Crippen LogP contribution in [-0.2, 0) is 13.0 Å². The molecule has 0 saturated heterocycles. The van der Waals surface area contributed by atoms with Gasteiger partial charge >= 0.3 is 0 Å². The lowest BCUT2D eigenvalue weighted by molar-refractivity contribution is 0.408. The highest BCUT2D eigenvalue weighted by Crippen LogP contribution is 2.37. The van der Waals surface area contributed by atoms with Crippen molar-refractivity contribution in [3.05, 3.63) is 58.9 Å². The first kappa shape index (κ1) is 13.1. The maximum absolute atomic E-state index is 5.43. The monoisotopic (exact) mass is 268 g/mol. The number of benzene rings is 1. The fourth-order valence-corrected chi connectivity index (χ4v) is 3.08. The van der Waals surface area contributed by atoms with Gasteiger partial charge in [-0.25, -0.2) is 0 Å². The SMILES string of the molecule is CNCc1cc(C2CCc3cccnc32)ccc1OC. The normalized spacial score (nSPS) is 17.0. The van der Waals surface area contributed by atoms with E-state index in [1.165, 1.54) is 22.4 Å². The van der Waals surface area contributed by atoms with E-state index >= 15 is 0 Å². The van der Waals surface area contributed by atoms with Gasteiger partial charge in [0.25, 0.3) is 0 Å². The summed E-state index contributed by atoms with van der Waals surface area (Å²) < 4.78 is 5.43. The Labute approximate surface area is 120 Å². The van der Waals surface area contributed by atoms with Crippen LogP contribution in [0.2, 0.25) is 0 Å². The van der Waals surface area contributed by atoms with Gasteiger partial charge in [0.2, 0.25) is 0 Å². The van der Waals surface area contributed by atoms with Crippen molar-refractivity contribution < 1.29 is 4.74 Å². The molecule has 0 radical (unpaired) electrons. The molecule has 0 aliphatic heterocycles. The molecule has 20 heavy (non-hydrogen) atoms. The number of aromatic nitrogens is 1. The predicted molar refractivity (Wildman–Crippen MR) is 80.2 cm³/mol. The highest BCUT2D eigenvalue weighted by molar-refractivity contribution is 5.43. The lowest BCUT2D eigenvalue weighted by atomic mass is 9.94. The number of nitrogens with zero attached hydrogens (tertiary/aromatic N) is 1. The minimum atomic E-state index is 0.424. The van der Waals surface area contributed by atoms with Crippen LogP contribution in [0, 0.1) is 0 Å². The van der Waals surface area contributed by atoms with Gasteiger partial charge in [0.1, 0.15) is 5.75 Å². The maximum atomic E-state index is 5.43. The number of rotatable bonds is 4. The zero-order chi connectivity index (χ0) is 13.9. The van der Waals surface area contributed by atoms with Crippen LogP contribution < -0.4 is 10.1 Å². The fourth-order valence-electron chi connectivity index (χ4n) is 3.08. The third kappa shape index (κ3) is 2.29. The Morgan fingerprint density at radius 1 is 1.35 bits per heavy atom. The largest absolute Gasteiger partial charge is 0.496 e. The van der Waals surface area contributed by atoms with E-state index in [9.17, 15) is 0 Å². The van der Waals surface area contributed by atoms with Gasteiger partial charge in [-0.15, -0.1) is 0 Å². The predicted octanol–water partition coefficient (Wildman–Crippen LogP) is 2.89. The van der Waals surface area contributed by atoms with Gasteiger partial charge in [0, 0.05) is 24.2 Å². The molecule has 0 spiro atoms. The summed E-state index contributed by atoms with van der Waals surface area (Å²) in [5.41, 5.74) is 5.18. The average Bonchev–Trinajstić information content (AvgIpc) is 2.91. The number of fused-ring (bicyclic) bond motifs is 1. The van der Waals surface area contributed by atoms with Gasteiger partial charge in [0.15, 0.2) is 0 Å². The summed E-state index contributed by atoms with van der Waals surface area (Å²) in [5.74, 6) is 1.37. The first-order chi connectivity index (χ1) is 9.83. The second kappa shape index (κ2) is 5.63. The molecule has 0 saturated carbocycles. The van der Waals surface area contributed by atoms with E-state index in [2.05, 4.69) is 34.6 Å². The highest BCUT2D eigenvalue weighted by Gasteiger charge is 2.25. The third-order valence-corrected chi connectivity index (χ3v) is 4.03. The van der Waals surface area contributed by atoms with Gasteiger partial charge in [-0.2, -0.15) is 0 Å². The van der Waals surface area contributed by atoms with Crippen molar-refractivity contribution in [2.45, 2.75) is 25.3 Å². The van der Waals surface area contributed by atoms with Crippen LogP contribution in [0.4, 0.5) is 0 Å². The molecule has 3 rings (SSSR count). The van der Waals surface area contributed by atoms with Crippen molar-refractivity contribution in [2.24, 2.45) is 0 Å². The van der Waals surface area contributed by atoms with Crippen molar-refractivity contribution in [1.29, 1.82) is 0 Å². The lowest BCUT2D eigenvalue weighted by Gasteiger charge is -2.15. The molecule has 1 atom stereocenters. The number of hydrogen-bond acceptors (Lipinski definition) is 3. The minimum absolute atomic E-state index is 0.424. The molecule has 1 unspecified atom stereocenters. The number of hydrogen-bond donors (Lipinski definition) is 1. The molecule has 1 aliphatic rings. The Morgan fingerprint density at radius 2 is 2.25 bits per heavy atom. The van der Waals surface area contributed by atoms with Gasteiger partial charge in [-0.05, 0) is 43.1 Å². The zero-order valence-corrected chi connectivity index (χ0v) is 12.0. The Balaban J connectivity index is 1.97. The molecule has 2 aromatic rings. The molecule has 3 nitrogen and oxygen atoms in total. The van der Waals surface area contributed by atoms with Crippen molar-refractivity contribution in [2.75, 3.05) is 14.2 Å². The van der Waals surface area contributed by atoms with E-state index in [0.717, 1.165) is 25.1 Å². The van der Waals surface area contributed by atoms with Crippen LogP contribution in [-0.4, -0.2) is 19.1 Å². The summed E-state index contributed by atoms with van der Waals surface area (Å²) in [6.45, 7) is 0.818. The molecule has 1 aromatic carbocycles. The molecular formula is C17H20N2O. The summed E-state index contributed by atoms with van der Waals surface area (Å²) in [4.78, 5) is 4.59. The number of methoxy groups -OCH3 is 1. The van der Waals surface area contributed by atoms with E-state index in [0.29, 0.717) is 5.92 Å². The number of ether oxygens (including phenoxy) is 1. The Kier molecular flexibility index (Phi) is 3.70.